The number of carbonyl (C=O) groups excluding carboxylic acids is 1. The van der Waals surface area contributed by atoms with Crippen LogP contribution in [0.5, 0.6) is 0 Å². The van der Waals surface area contributed by atoms with Gasteiger partial charge in [0.15, 0.2) is 0 Å². The van der Waals surface area contributed by atoms with Crippen molar-refractivity contribution < 1.29 is 18.0 Å². The number of hydrogen-bond donors (Lipinski definition) is 2. The lowest BCUT2D eigenvalue weighted by Crippen LogP contribution is -2.39. The molecule has 0 aliphatic rings. The third kappa shape index (κ3) is 5.74. The molecule has 0 fully saturated rings. The topological polar surface area (TPSA) is 66.9 Å². The minimum Gasteiger partial charge on any atom is -0.358 e. The summed E-state index contributed by atoms with van der Waals surface area (Å²) in [6, 6.07) is 0.374. The molecule has 1 atom stereocenters. The highest BCUT2D eigenvalue weighted by Crippen LogP contribution is 2.28. The van der Waals surface area contributed by atoms with E-state index in [0.717, 1.165) is 6.07 Å². The Kier molecular flexibility index (Phi) is 5.77. The van der Waals surface area contributed by atoms with Gasteiger partial charge >= 0.3 is 6.18 Å². The Bertz CT molecular complexity index is 508. The van der Waals surface area contributed by atoms with E-state index in [1.54, 1.807) is 0 Å². The molecule has 1 aromatic rings. The average Bonchev–Trinajstić information content (AvgIpc) is 2.33. The quantitative estimate of drug-likeness (QED) is 0.817. The lowest BCUT2D eigenvalue weighted by atomic mass is 10.2. The fourth-order valence-corrected chi connectivity index (χ4v) is 1.55. The molecule has 1 unspecified atom stereocenters. The zero-order valence-corrected chi connectivity index (χ0v) is 12.5. The van der Waals surface area contributed by atoms with Gasteiger partial charge in [-0.05, 0) is 12.8 Å². The molecule has 5 nitrogen and oxygen atoms in total. The zero-order valence-electron chi connectivity index (χ0n) is 11.8. The number of anilines is 1. The van der Waals surface area contributed by atoms with Crippen molar-refractivity contribution >= 4 is 23.3 Å². The summed E-state index contributed by atoms with van der Waals surface area (Å²) in [4.78, 5) is 18.2. The molecule has 0 aliphatic heterocycles. The Balaban J connectivity index is 2.78. The first kappa shape index (κ1) is 17.5. The van der Waals surface area contributed by atoms with Gasteiger partial charge in [0.2, 0.25) is 11.7 Å². The summed E-state index contributed by atoms with van der Waals surface area (Å²) < 4.78 is 37.7. The summed E-state index contributed by atoms with van der Waals surface area (Å²) in [6.07, 6.45) is -4.70. The molecule has 0 saturated carbocycles. The molecule has 0 bridgehead atoms. The summed E-state index contributed by atoms with van der Waals surface area (Å²) in [5.74, 6) is -1.58. The predicted molar refractivity (Wildman–Crippen MR) is 73.0 cm³/mol. The van der Waals surface area contributed by atoms with Crippen LogP contribution in [0, 0.1) is 5.92 Å². The van der Waals surface area contributed by atoms with Crippen LogP contribution in [0.2, 0.25) is 5.15 Å². The normalized spacial score (nSPS) is 13.1. The Morgan fingerprint density at radius 3 is 2.48 bits per heavy atom. The molecule has 1 amide bonds. The average molecular weight is 325 g/mol. The van der Waals surface area contributed by atoms with Crippen molar-refractivity contribution in [2.75, 3.05) is 11.9 Å². The molecule has 0 saturated heterocycles. The SMILES string of the molecule is CC(C)CNC(=O)C(C)Nc1cc(Cl)nc(C(F)(F)F)n1. The summed E-state index contributed by atoms with van der Waals surface area (Å²) in [7, 11) is 0. The van der Waals surface area contributed by atoms with Crippen molar-refractivity contribution in [3.8, 4) is 0 Å². The fourth-order valence-electron chi connectivity index (χ4n) is 1.36. The van der Waals surface area contributed by atoms with Crippen molar-refractivity contribution in [2.45, 2.75) is 33.0 Å². The lowest BCUT2D eigenvalue weighted by Gasteiger charge is -2.16. The van der Waals surface area contributed by atoms with Crippen LogP contribution < -0.4 is 10.6 Å². The molecular formula is C12H16ClF3N4O. The third-order valence-electron chi connectivity index (χ3n) is 2.39. The first-order valence-electron chi connectivity index (χ1n) is 6.25. The summed E-state index contributed by atoms with van der Waals surface area (Å²) in [6.45, 7) is 5.85. The Morgan fingerprint density at radius 2 is 1.95 bits per heavy atom. The van der Waals surface area contributed by atoms with E-state index < -0.39 is 18.0 Å². The van der Waals surface area contributed by atoms with Crippen LogP contribution in [0.3, 0.4) is 0 Å². The van der Waals surface area contributed by atoms with Gasteiger partial charge in [0.25, 0.3) is 0 Å². The van der Waals surface area contributed by atoms with Crippen molar-refractivity contribution in [2.24, 2.45) is 5.92 Å². The molecule has 1 heterocycles. The van der Waals surface area contributed by atoms with Gasteiger partial charge in [0.1, 0.15) is 17.0 Å². The highest BCUT2D eigenvalue weighted by molar-refractivity contribution is 6.29. The van der Waals surface area contributed by atoms with Gasteiger partial charge in [-0.1, -0.05) is 25.4 Å². The Labute approximate surface area is 125 Å². The standard InChI is InChI=1S/C12H16ClF3N4O/c1-6(2)5-17-10(21)7(3)18-9-4-8(13)19-11(20-9)12(14,15)16/h4,6-7H,5H2,1-3H3,(H,17,21)(H,18,19,20). The second kappa shape index (κ2) is 6.93. The largest absolute Gasteiger partial charge is 0.451 e. The summed E-state index contributed by atoms with van der Waals surface area (Å²) >= 11 is 5.53. The van der Waals surface area contributed by atoms with Crippen LogP contribution >= 0.6 is 11.6 Å². The molecule has 1 rings (SSSR count). The maximum atomic E-state index is 12.6. The summed E-state index contributed by atoms with van der Waals surface area (Å²) in [5, 5.41) is 4.88. The van der Waals surface area contributed by atoms with E-state index in [1.807, 2.05) is 13.8 Å². The van der Waals surface area contributed by atoms with E-state index in [1.165, 1.54) is 6.92 Å². The molecule has 2 N–H and O–H groups in total. The number of rotatable bonds is 5. The molecule has 0 aromatic carbocycles. The second-order valence-electron chi connectivity index (χ2n) is 4.90. The zero-order chi connectivity index (χ0) is 16.2. The van der Waals surface area contributed by atoms with Crippen LogP contribution in [0.15, 0.2) is 6.07 Å². The van der Waals surface area contributed by atoms with E-state index in [-0.39, 0.29) is 22.8 Å². The number of hydrogen-bond acceptors (Lipinski definition) is 4. The number of nitrogens with zero attached hydrogens (tertiary/aromatic N) is 2. The molecule has 118 valence electrons. The highest BCUT2D eigenvalue weighted by atomic mass is 35.5. The van der Waals surface area contributed by atoms with Crippen LogP contribution in [0.4, 0.5) is 19.0 Å². The van der Waals surface area contributed by atoms with Gasteiger partial charge < -0.3 is 10.6 Å². The van der Waals surface area contributed by atoms with E-state index in [9.17, 15) is 18.0 Å². The van der Waals surface area contributed by atoms with E-state index in [0.29, 0.717) is 6.54 Å². The van der Waals surface area contributed by atoms with Crippen LogP contribution in [0.25, 0.3) is 0 Å². The molecule has 1 aromatic heterocycles. The van der Waals surface area contributed by atoms with Crippen LogP contribution in [-0.2, 0) is 11.0 Å². The number of nitrogens with one attached hydrogen (secondary N) is 2. The predicted octanol–water partition coefficient (Wildman–Crippen LogP) is 2.72. The maximum absolute atomic E-state index is 12.6. The molecule has 0 aliphatic carbocycles. The monoisotopic (exact) mass is 324 g/mol. The van der Waals surface area contributed by atoms with E-state index in [4.69, 9.17) is 11.6 Å². The van der Waals surface area contributed by atoms with Gasteiger partial charge in [-0.2, -0.15) is 13.2 Å². The number of carbonyl (C=O) groups is 1. The molecule has 9 heteroatoms. The van der Waals surface area contributed by atoms with Gasteiger partial charge in [0.05, 0.1) is 0 Å². The fraction of sp³-hybridized carbons (Fsp3) is 0.583. The Morgan fingerprint density at radius 1 is 1.33 bits per heavy atom. The van der Waals surface area contributed by atoms with Crippen molar-refractivity contribution in [3.63, 3.8) is 0 Å². The smallest absolute Gasteiger partial charge is 0.358 e. The first-order valence-corrected chi connectivity index (χ1v) is 6.63. The van der Waals surface area contributed by atoms with E-state index >= 15 is 0 Å². The number of halogens is 4. The highest BCUT2D eigenvalue weighted by Gasteiger charge is 2.35. The lowest BCUT2D eigenvalue weighted by molar-refractivity contribution is -0.144. The van der Waals surface area contributed by atoms with Crippen molar-refractivity contribution in [3.05, 3.63) is 17.0 Å². The summed E-state index contributed by atoms with van der Waals surface area (Å²) in [5.41, 5.74) is 0. The number of alkyl halides is 3. The van der Waals surface area contributed by atoms with Gasteiger partial charge in [-0.25, -0.2) is 9.97 Å². The van der Waals surface area contributed by atoms with Crippen LogP contribution in [-0.4, -0.2) is 28.5 Å². The number of aromatic nitrogens is 2. The molecule has 0 spiro atoms. The number of amides is 1. The van der Waals surface area contributed by atoms with Gasteiger partial charge in [-0.15, -0.1) is 0 Å². The minimum atomic E-state index is -4.70. The van der Waals surface area contributed by atoms with Crippen LogP contribution in [0.1, 0.15) is 26.6 Å². The molecule has 21 heavy (non-hydrogen) atoms. The van der Waals surface area contributed by atoms with Crippen molar-refractivity contribution in [1.29, 1.82) is 0 Å². The molecular weight excluding hydrogens is 309 g/mol. The van der Waals surface area contributed by atoms with Crippen molar-refractivity contribution in [1.82, 2.24) is 15.3 Å². The van der Waals surface area contributed by atoms with Gasteiger partial charge in [0, 0.05) is 12.6 Å². The van der Waals surface area contributed by atoms with E-state index in [2.05, 4.69) is 20.6 Å². The molecule has 0 radical (unpaired) electrons. The second-order valence-corrected chi connectivity index (χ2v) is 5.29. The first-order chi connectivity index (χ1) is 9.59. The maximum Gasteiger partial charge on any atom is 0.451 e. The minimum absolute atomic E-state index is 0.158. The van der Waals surface area contributed by atoms with Gasteiger partial charge in [-0.3, -0.25) is 4.79 Å². The third-order valence-corrected chi connectivity index (χ3v) is 2.58. The Hall–Kier alpha value is -1.57.